The van der Waals surface area contributed by atoms with Gasteiger partial charge in [-0.2, -0.15) is 6.67 Å². The summed E-state index contributed by atoms with van der Waals surface area (Å²) in [6.07, 6.45) is 11.0. The number of pyridine rings is 2. The van der Waals surface area contributed by atoms with Crippen LogP contribution in [0.1, 0.15) is 6.92 Å². The van der Waals surface area contributed by atoms with Crippen molar-refractivity contribution in [2.45, 2.75) is 6.92 Å². The summed E-state index contributed by atoms with van der Waals surface area (Å²) < 4.78 is 3.89. The van der Waals surface area contributed by atoms with Crippen molar-refractivity contribution in [3.8, 4) is 0 Å². The van der Waals surface area contributed by atoms with Crippen molar-refractivity contribution in [2.24, 2.45) is 0 Å². The third kappa shape index (κ3) is 17.1. The minimum absolute atomic E-state index is 1.02. The van der Waals surface area contributed by atoms with E-state index in [0.717, 1.165) is 8.95 Å². The van der Waals surface area contributed by atoms with Crippen molar-refractivity contribution in [2.75, 3.05) is 14.1 Å². The molecule has 146 valence electrons. The molecular weight excluding hydrogens is 592 g/mol. The van der Waals surface area contributed by atoms with Crippen LogP contribution in [-0.2, 0) is 13.5 Å². The average Bonchev–Trinajstić information content (AvgIpc) is 3.01. The number of halogens is 4. The summed E-state index contributed by atoms with van der Waals surface area (Å²) in [6.45, 7) is 3.87. The van der Waals surface area contributed by atoms with Gasteiger partial charge in [-0.1, -0.05) is 0 Å². The third-order valence-electron chi connectivity index (χ3n) is 2.31. The van der Waals surface area contributed by atoms with E-state index in [9.17, 15) is 0 Å². The summed E-state index contributed by atoms with van der Waals surface area (Å²) in [4.78, 5) is 11.7. The zero-order valence-corrected chi connectivity index (χ0v) is 21.0. The summed E-state index contributed by atoms with van der Waals surface area (Å²) >= 11 is 5.13. The molecule has 0 fully saturated rings. The van der Waals surface area contributed by atoms with Crippen LogP contribution >= 0.6 is 51.2 Å². The summed E-state index contributed by atoms with van der Waals surface area (Å²) in [5.74, 6) is 0. The van der Waals surface area contributed by atoms with Crippen LogP contribution in [0.5, 0.6) is 0 Å². The number of aromatic nitrogens is 2. The first-order chi connectivity index (χ1) is 12.3. The van der Waals surface area contributed by atoms with Gasteiger partial charge < -0.3 is 9.80 Å². The molecule has 0 bridgehead atoms. The minimum atomic E-state index is -1.36. The molecule has 0 saturated heterocycles. The zero-order valence-electron chi connectivity index (χ0n) is 14.6. The van der Waals surface area contributed by atoms with Crippen LogP contribution in [0.2, 0.25) is 0 Å². The van der Waals surface area contributed by atoms with Crippen molar-refractivity contribution >= 4 is 55.9 Å². The van der Waals surface area contributed by atoms with Gasteiger partial charge in [0.1, 0.15) is 0 Å². The second-order valence-corrected chi connectivity index (χ2v) is 12.6. The first-order valence-electron chi connectivity index (χ1n) is 7.21. The third-order valence-corrected chi connectivity index (χ3v) is 5.83. The molecule has 2 aromatic rings. The van der Waals surface area contributed by atoms with E-state index in [0.29, 0.717) is 0 Å². The molecule has 0 saturated carbocycles. The van der Waals surface area contributed by atoms with Crippen LogP contribution in [0, 0.1) is 6.67 Å². The Kier molecular flexibility index (Phi) is 16.6. The second kappa shape index (κ2) is 16.8. The van der Waals surface area contributed by atoms with E-state index in [-0.39, 0.29) is 0 Å². The van der Waals surface area contributed by atoms with Gasteiger partial charge in [-0.3, -0.25) is 9.97 Å². The summed E-state index contributed by atoms with van der Waals surface area (Å²) in [6, 6.07) is 7.63. The van der Waals surface area contributed by atoms with E-state index >= 15 is 0 Å². The maximum atomic E-state index is 5.32. The van der Waals surface area contributed by atoms with Crippen molar-refractivity contribution in [3.05, 3.63) is 77.1 Å². The van der Waals surface area contributed by atoms with E-state index in [1.54, 1.807) is 24.8 Å². The summed E-state index contributed by atoms with van der Waals surface area (Å²) in [5.41, 5.74) is 0. The fraction of sp³-hybridized carbons (Fsp3) is 0.176. The van der Waals surface area contributed by atoms with Gasteiger partial charge in [-0.15, -0.1) is 0 Å². The molecule has 0 aliphatic carbocycles. The number of hydrogen-bond acceptors (Lipinski definition) is 4. The van der Waals surface area contributed by atoms with Crippen LogP contribution in [0.15, 0.2) is 70.4 Å². The maximum absolute atomic E-state index is 5.32. The Morgan fingerprint density at radius 2 is 1.35 bits per heavy atom. The Morgan fingerprint density at radius 1 is 0.962 bits per heavy atom. The predicted octanol–water partition coefficient (Wildman–Crippen LogP) is 5.88. The first-order valence-corrected chi connectivity index (χ1v) is 14.3. The van der Waals surface area contributed by atoms with E-state index in [4.69, 9.17) is 19.4 Å². The van der Waals surface area contributed by atoms with Crippen LogP contribution in [0.3, 0.4) is 0 Å². The van der Waals surface area contributed by atoms with Crippen LogP contribution in [0.25, 0.3) is 0 Å². The van der Waals surface area contributed by atoms with Crippen LogP contribution in [0.4, 0.5) is 0 Å². The van der Waals surface area contributed by atoms with Gasteiger partial charge >= 0.3 is 44.4 Å². The first kappa shape index (κ1) is 25.7. The Bertz CT molecular complexity index is 594. The number of rotatable bonds is 0. The Hall–Kier alpha value is -0.327. The summed E-state index contributed by atoms with van der Waals surface area (Å²) in [5, 5.41) is 0. The monoisotopic (exact) mass is 611 g/mol. The topological polar surface area (TPSA) is 32.3 Å². The van der Waals surface area contributed by atoms with E-state index in [1.165, 1.54) is 0 Å². The zero-order chi connectivity index (χ0) is 19.8. The SMILES string of the molecule is Brc1cccnc1.Brc1cccnc1.CN1C=CN(C)[CH-]1.C[CH]=[Ru]([Cl])[Cl]. The molecule has 2 aromatic heterocycles. The quantitative estimate of drug-likeness (QED) is 0.275. The predicted molar refractivity (Wildman–Crippen MR) is 116 cm³/mol. The van der Waals surface area contributed by atoms with Crippen molar-refractivity contribution in [1.29, 1.82) is 0 Å². The van der Waals surface area contributed by atoms with Gasteiger partial charge in [0.2, 0.25) is 0 Å². The van der Waals surface area contributed by atoms with Gasteiger partial charge in [0.25, 0.3) is 0 Å². The molecule has 26 heavy (non-hydrogen) atoms. The Labute approximate surface area is 186 Å². The molecule has 0 unspecified atom stereocenters. The molecule has 3 heterocycles. The molecule has 0 amide bonds. The van der Waals surface area contributed by atoms with Crippen molar-refractivity contribution in [3.63, 3.8) is 0 Å². The molecule has 1 aliphatic rings. The molecule has 1 aliphatic heterocycles. The molecule has 0 N–H and O–H groups in total. The van der Waals surface area contributed by atoms with Gasteiger partial charge in [-0.25, -0.2) is 0 Å². The normalized spacial score (nSPS) is 11.9. The molecule has 0 radical (unpaired) electrons. The van der Waals surface area contributed by atoms with Crippen molar-refractivity contribution in [1.82, 2.24) is 19.8 Å². The molecule has 4 nitrogen and oxygen atoms in total. The molecular formula is C17H21Br2Cl2N4Ru-. The van der Waals surface area contributed by atoms with Gasteiger partial charge in [0, 0.05) is 33.7 Å². The number of hydrogen-bond donors (Lipinski definition) is 0. The van der Waals surface area contributed by atoms with Crippen LogP contribution < -0.4 is 0 Å². The standard InChI is InChI=1S/2C5H4BrN.C5H9N2.C2H4.2ClH.Ru/c2*6-5-2-1-3-7-4-5;1-6-3-4-7(2)5-6;1-2;;;/h2*1-4H;3-5H,1-2H3;1H,2H3;2*1H;/q;;-1;;;;+2/p-2. The summed E-state index contributed by atoms with van der Waals surface area (Å²) in [7, 11) is 14.6. The molecule has 9 heteroatoms. The van der Waals surface area contributed by atoms with Crippen LogP contribution in [-0.4, -0.2) is 38.5 Å². The van der Waals surface area contributed by atoms with Gasteiger partial charge in [0.15, 0.2) is 0 Å². The molecule has 3 rings (SSSR count). The molecule has 0 atom stereocenters. The Morgan fingerprint density at radius 3 is 1.46 bits per heavy atom. The number of nitrogens with zero attached hydrogens (tertiary/aromatic N) is 4. The van der Waals surface area contributed by atoms with Gasteiger partial charge in [-0.05, 0) is 82.6 Å². The van der Waals surface area contributed by atoms with E-state index in [1.807, 2.05) is 78.8 Å². The molecule has 0 aromatic carbocycles. The Balaban J connectivity index is 0.000000324. The van der Waals surface area contributed by atoms with Crippen molar-refractivity contribution < 1.29 is 13.5 Å². The van der Waals surface area contributed by atoms with E-state index < -0.39 is 13.5 Å². The average molecular weight is 613 g/mol. The fourth-order valence-corrected chi connectivity index (χ4v) is 1.80. The second-order valence-electron chi connectivity index (χ2n) is 4.50. The fourth-order valence-electron chi connectivity index (χ4n) is 1.26. The molecule has 0 spiro atoms. The van der Waals surface area contributed by atoms with E-state index in [2.05, 4.69) is 41.8 Å². The van der Waals surface area contributed by atoms with Gasteiger partial charge in [0.05, 0.1) is 0 Å².